The number of rotatable bonds is 4. The fourth-order valence-corrected chi connectivity index (χ4v) is 2.88. The first kappa shape index (κ1) is 16.8. The number of phenols is 1. The van der Waals surface area contributed by atoms with Gasteiger partial charge in [0.1, 0.15) is 5.75 Å². The molecule has 0 bridgehead atoms. The van der Waals surface area contributed by atoms with Crippen LogP contribution in [0.15, 0.2) is 58.2 Å². The lowest BCUT2D eigenvalue weighted by atomic mass is 10.2. The molecule has 0 radical (unpaired) electrons. The second-order valence-electron chi connectivity index (χ2n) is 5.29. The molecule has 1 aromatic heterocycles. The van der Waals surface area contributed by atoms with E-state index in [4.69, 9.17) is 6.42 Å². The first-order chi connectivity index (χ1) is 12.1. The van der Waals surface area contributed by atoms with Crippen LogP contribution < -0.4 is 5.43 Å². The van der Waals surface area contributed by atoms with Crippen molar-refractivity contribution in [1.29, 1.82) is 0 Å². The molecule has 2 N–H and O–H groups in total. The summed E-state index contributed by atoms with van der Waals surface area (Å²) in [5, 5.41) is 14.8. The molecule has 5 nitrogen and oxygen atoms in total. The SMILES string of the molecule is C#CCn1cc(/C=N/NC(=O)c2cc(Br)ccc2O)c2ccccc21. The number of nitrogens with one attached hydrogen (secondary N) is 1. The van der Waals surface area contributed by atoms with Crippen molar-refractivity contribution in [3.05, 3.63) is 64.3 Å². The Morgan fingerprint density at radius 1 is 1.36 bits per heavy atom. The third kappa shape index (κ3) is 3.57. The van der Waals surface area contributed by atoms with Gasteiger partial charge in [0.2, 0.25) is 0 Å². The van der Waals surface area contributed by atoms with Gasteiger partial charge >= 0.3 is 0 Å². The van der Waals surface area contributed by atoms with Crippen molar-refractivity contribution in [3.8, 4) is 18.1 Å². The molecule has 0 unspecified atom stereocenters. The van der Waals surface area contributed by atoms with Gasteiger partial charge in [0.15, 0.2) is 0 Å². The van der Waals surface area contributed by atoms with Crippen LogP contribution >= 0.6 is 15.9 Å². The van der Waals surface area contributed by atoms with E-state index >= 15 is 0 Å². The number of benzene rings is 2. The first-order valence-electron chi connectivity index (χ1n) is 7.43. The summed E-state index contributed by atoms with van der Waals surface area (Å²) in [7, 11) is 0. The van der Waals surface area contributed by atoms with Crippen molar-refractivity contribution in [3.63, 3.8) is 0 Å². The lowest BCUT2D eigenvalue weighted by molar-refractivity contribution is 0.0952. The van der Waals surface area contributed by atoms with Crippen molar-refractivity contribution in [2.45, 2.75) is 6.54 Å². The molecule has 0 fully saturated rings. The molecule has 6 heteroatoms. The number of terminal acetylenes is 1. The summed E-state index contributed by atoms with van der Waals surface area (Å²) in [6.07, 6.45) is 8.85. The fraction of sp³-hybridized carbons (Fsp3) is 0.0526. The van der Waals surface area contributed by atoms with E-state index in [9.17, 15) is 9.90 Å². The predicted octanol–water partition coefficient (Wildman–Crippen LogP) is 3.51. The number of halogens is 1. The number of carbonyl (C=O) groups is 1. The van der Waals surface area contributed by atoms with Crippen molar-refractivity contribution in [1.82, 2.24) is 9.99 Å². The number of hydrogen-bond acceptors (Lipinski definition) is 3. The number of aromatic hydroxyl groups is 1. The minimum Gasteiger partial charge on any atom is -0.507 e. The standard InChI is InChI=1S/C19H14BrN3O2/c1-2-9-23-12-13(15-5-3-4-6-17(15)23)11-21-22-19(25)16-10-14(20)7-8-18(16)24/h1,3-8,10-12,24H,9H2,(H,22,25)/b21-11+. The smallest absolute Gasteiger partial charge is 0.275 e. The molecular formula is C19H14BrN3O2. The maximum Gasteiger partial charge on any atom is 0.275 e. The Balaban J connectivity index is 1.83. The van der Waals surface area contributed by atoms with E-state index in [1.165, 1.54) is 12.1 Å². The van der Waals surface area contributed by atoms with Crippen LogP contribution in [0.3, 0.4) is 0 Å². The van der Waals surface area contributed by atoms with Crippen LogP contribution in [0.5, 0.6) is 5.75 Å². The van der Waals surface area contributed by atoms with Gasteiger partial charge in [-0.25, -0.2) is 5.43 Å². The number of hydrazone groups is 1. The minimum atomic E-state index is -0.498. The zero-order valence-corrected chi connectivity index (χ0v) is 14.7. The number of aromatic nitrogens is 1. The molecule has 0 aliphatic rings. The van der Waals surface area contributed by atoms with Crippen LogP contribution in [-0.4, -0.2) is 21.8 Å². The number of fused-ring (bicyclic) bond motifs is 1. The van der Waals surface area contributed by atoms with E-state index in [0.717, 1.165) is 16.5 Å². The molecule has 2 aromatic carbocycles. The van der Waals surface area contributed by atoms with Crippen molar-refractivity contribution in [2.24, 2.45) is 5.10 Å². The Morgan fingerprint density at radius 2 is 2.16 bits per heavy atom. The summed E-state index contributed by atoms with van der Waals surface area (Å²) in [5.41, 5.74) is 4.40. The fourth-order valence-electron chi connectivity index (χ4n) is 2.52. The highest BCUT2D eigenvalue weighted by Crippen LogP contribution is 2.22. The van der Waals surface area contributed by atoms with Gasteiger partial charge in [-0.1, -0.05) is 40.0 Å². The molecular weight excluding hydrogens is 382 g/mol. The molecule has 3 rings (SSSR count). The monoisotopic (exact) mass is 395 g/mol. The van der Waals surface area contributed by atoms with Gasteiger partial charge in [-0.15, -0.1) is 6.42 Å². The van der Waals surface area contributed by atoms with Gasteiger partial charge in [-0.05, 0) is 24.3 Å². The zero-order chi connectivity index (χ0) is 17.8. The molecule has 0 aliphatic carbocycles. The van der Waals surface area contributed by atoms with Gasteiger partial charge in [-0.2, -0.15) is 5.10 Å². The maximum atomic E-state index is 12.1. The third-order valence-corrected chi connectivity index (χ3v) is 4.15. The summed E-state index contributed by atoms with van der Waals surface area (Å²) in [5.74, 6) is 2.01. The topological polar surface area (TPSA) is 66.6 Å². The van der Waals surface area contributed by atoms with Crippen molar-refractivity contribution < 1.29 is 9.90 Å². The molecule has 25 heavy (non-hydrogen) atoms. The Kier molecular flexibility index (Phi) is 4.87. The second-order valence-corrected chi connectivity index (χ2v) is 6.21. The number of para-hydroxylation sites is 1. The summed E-state index contributed by atoms with van der Waals surface area (Å²) in [4.78, 5) is 12.1. The molecule has 1 amide bonds. The highest BCUT2D eigenvalue weighted by Gasteiger charge is 2.11. The van der Waals surface area contributed by atoms with Crippen molar-refractivity contribution >= 4 is 39.0 Å². The van der Waals surface area contributed by atoms with E-state index < -0.39 is 5.91 Å². The summed E-state index contributed by atoms with van der Waals surface area (Å²) in [6.45, 7) is 0.451. The number of amides is 1. The van der Waals surface area contributed by atoms with E-state index in [1.807, 2.05) is 35.0 Å². The lowest BCUT2D eigenvalue weighted by Gasteiger charge is -2.03. The maximum absolute atomic E-state index is 12.1. The quantitative estimate of drug-likeness (QED) is 0.403. The van der Waals surface area contributed by atoms with Gasteiger partial charge < -0.3 is 9.67 Å². The average Bonchev–Trinajstić information content (AvgIpc) is 2.95. The van der Waals surface area contributed by atoms with Gasteiger partial charge in [0.05, 0.1) is 18.3 Å². The summed E-state index contributed by atoms with van der Waals surface area (Å²) in [6, 6.07) is 12.4. The predicted molar refractivity (Wildman–Crippen MR) is 102 cm³/mol. The zero-order valence-electron chi connectivity index (χ0n) is 13.1. The Morgan fingerprint density at radius 3 is 2.96 bits per heavy atom. The Bertz CT molecular complexity index is 1020. The van der Waals surface area contributed by atoms with Crippen LogP contribution in [-0.2, 0) is 6.54 Å². The molecule has 0 spiro atoms. The van der Waals surface area contributed by atoms with E-state index in [0.29, 0.717) is 11.0 Å². The Hall–Kier alpha value is -3.04. The average molecular weight is 396 g/mol. The highest BCUT2D eigenvalue weighted by atomic mass is 79.9. The normalized spacial score (nSPS) is 10.9. The largest absolute Gasteiger partial charge is 0.507 e. The number of hydrogen-bond donors (Lipinski definition) is 2. The second kappa shape index (κ2) is 7.24. The van der Waals surface area contributed by atoms with Gasteiger partial charge in [0, 0.05) is 27.1 Å². The number of phenolic OH excluding ortho intramolecular Hbond substituents is 1. The molecule has 1 heterocycles. The van der Waals surface area contributed by atoms with Crippen LogP contribution in [0.4, 0.5) is 0 Å². The van der Waals surface area contributed by atoms with Crippen LogP contribution in [0.2, 0.25) is 0 Å². The lowest BCUT2D eigenvalue weighted by Crippen LogP contribution is -2.17. The van der Waals surface area contributed by atoms with E-state index in [-0.39, 0.29) is 11.3 Å². The molecule has 0 saturated heterocycles. The van der Waals surface area contributed by atoms with Crippen LogP contribution in [0.25, 0.3) is 10.9 Å². The Labute approximate surface area is 153 Å². The molecule has 0 atom stereocenters. The summed E-state index contributed by atoms with van der Waals surface area (Å²) < 4.78 is 2.63. The molecule has 0 saturated carbocycles. The van der Waals surface area contributed by atoms with Crippen LogP contribution in [0.1, 0.15) is 15.9 Å². The van der Waals surface area contributed by atoms with E-state index in [2.05, 4.69) is 32.4 Å². The minimum absolute atomic E-state index is 0.110. The number of nitrogens with zero attached hydrogens (tertiary/aromatic N) is 2. The summed E-state index contributed by atoms with van der Waals surface area (Å²) >= 11 is 3.27. The molecule has 124 valence electrons. The number of carbonyl (C=O) groups excluding carboxylic acids is 1. The van der Waals surface area contributed by atoms with Gasteiger partial charge in [0.25, 0.3) is 5.91 Å². The van der Waals surface area contributed by atoms with Gasteiger partial charge in [-0.3, -0.25) is 4.79 Å². The molecule has 0 aliphatic heterocycles. The highest BCUT2D eigenvalue weighted by molar-refractivity contribution is 9.10. The van der Waals surface area contributed by atoms with Crippen LogP contribution in [0, 0.1) is 12.3 Å². The third-order valence-electron chi connectivity index (χ3n) is 3.65. The van der Waals surface area contributed by atoms with E-state index in [1.54, 1.807) is 12.3 Å². The van der Waals surface area contributed by atoms with Crippen molar-refractivity contribution in [2.75, 3.05) is 0 Å². The molecule has 3 aromatic rings. The first-order valence-corrected chi connectivity index (χ1v) is 8.22.